The highest BCUT2D eigenvalue weighted by molar-refractivity contribution is 7.16. The molecule has 0 aliphatic rings. The van der Waals surface area contributed by atoms with E-state index < -0.39 is 5.97 Å². The first kappa shape index (κ1) is 11.2. The van der Waals surface area contributed by atoms with Crippen molar-refractivity contribution >= 4 is 28.7 Å². The fraction of sp³-hybridized carbons (Fsp3) is 0.222. The summed E-state index contributed by atoms with van der Waals surface area (Å²) in [5.74, 6) is 4.09. The van der Waals surface area contributed by atoms with Crippen LogP contribution in [0.3, 0.4) is 0 Å². The molecule has 0 radical (unpaired) electrons. The summed E-state index contributed by atoms with van der Waals surface area (Å²) in [7, 11) is 0. The quantitative estimate of drug-likeness (QED) is 0.448. The topological polar surface area (TPSA) is 82.3 Å². The first-order valence-corrected chi connectivity index (χ1v) is 4.89. The number of aromatic nitrogens is 1. The number of anilines is 1. The average molecular weight is 224 g/mol. The second-order valence-corrected chi connectivity index (χ2v) is 3.37. The van der Waals surface area contributed by atoms with Crippen LogP contribution < -0.4 is 5.73 Å². The van der Waals surface area contributed by atoms with Crippen LogP contribution in [-0.2, 0) is 9.53 Å². The Bertz CT molecular complexity index is 442. The number of rotatable bonds is 2. The highest BCUT2D eigenvalue weighted by atomic mass is 32.1. The molecule has 5 nitrogen and oxygen atoms in total. The van der Waals surface area contributed by atoms with E-state index in [1.807, 2.05) is 0 Å². The van der Waals surface area contributed by atoms with E-state index in [0.29, 0.717) is 11.2 Å². The summed E-state index contributed by atoms with van der Waals surface area (Å²) in [5, 5.41) is 0.216. The maximum Gasteiger partial charge on any atom is 0.359 e. The fourth-order valence-electron chi connectivity index (χ4n) is 0.854. The molecule has 15 heavy (non-hydrogen) atoms. The highest BCUT2D eigenvalue weighted by Gasteiger charge is 2.16. The van der Waals surface area contributed by atoms with Crippen molar-refractivity contribution in [1.29, 1.82) is 0 Å². The number of nitrogen functional groups attached to an aromatic ring is 1. The van der Waals surface area contributed by atoms with Gasteiger partial charge in [-0.2, -0.15) is 0 Å². The van der Waals surface area contributed by atoms with Crippen LogP contribution >= 0.6 is 11.3 Å². The van der Waals surface area contributed by atoms with Gasteiger partial charge in [0.05, 0.1) is 6.61 Å². The number of hydrogen-bond donors (Lipinski definition) is 1. The van der Waals surface area contributed by atoms with Gasteiger partial charge in [0.15, 0.2) is 17.1 Å². The van der Waals surface area contributed by atoms with Crippen LogP contribution in [0.25, 0.3) is 0 Å². The lowest BCUT2D eigenvalue weighted by atomic mass is 10.3. The van der Waals surface area contributed by atoms with Gasteiger partial charge < -0.3 is 10.5 Å². The van der Waals surface area contributed by atoms with Gasteiger partial charge in [-0.05, 0) is 18.8 Å². The maximum absolute atomic E-state index is 11.4. The summed E-state index contributed by atoms with van der Waals surface area (Å²) in [6, 6.07) is 0. The molecule has 1 aromatic rings. The summed E-state index contributed by atoms with van der Waals surface area (Å²) in [6.07, 6.45) is 0.435. The van der Waals surface area contributed by atoms with E-state index in [4.69, 9.17) is 10.5 Å². The van der Waals surface area contributed by atoms with Crippen LogP contribution in [0.15, 0.2) is 0 Å². The molecular weight excluding hydrogens is 216 g/mol. The third-order valence-corrected chi connectivity index (χ3v) is 2.16. The summed E-state index contributed by atoms with van der Waals surface area (Å²) in [6.45, 7) is 1.93. The van der Waals surface area contributed by atoms with Crippen LogP contribution in [0.5, 0.6) is 0 Å². The van der Waals surface area contributed by atoms with Crippen molar-refractivity contribution in [2.45, 2.75) is 6.92 Å². The van der Waals surface area contributed by atoms with E-state index in [0.717, 1.165) is 11.3 Å². The fourth-order valence-corrected chi connectivity index (χ4v) is 1.54. The molecule has 2 N–H and O–H groups in total. The number of nitrogens with two attached hydrogens (primary N) is 1. The number of ether oxygens (including phenoxy) is 1. The zero-order valence-electron chi connectivity index (χ0n) is 7.94. The van der Waals surface area contributed by atoms with Crippen molar-refractivity contribution in [3.63, 3.8) is 0 Å². The Labute approximate surface area is 90.3 Å². The lowest BCUT2D eigenvalue weighted by Crippen LogP contribution is -2.06. The maximum atomic E-state index is 11.4. The van der Waals surface area contributed by atoms with E-state index in [9.17, 15) is 9.59 Å². The number of hydrogen-bond acceptors (Lipinski definition) is 6. The van der Waals surface area contributed by atoms with Crippen molar-refractivity contribution < 1.29 is 14.3 Å². The Morgan fingerprint density at radius 3 is 3.07 bits per heavy atom. The van der Waals surface area contributed by atoms with Gasteiger partial charge in [0.25, 0.3) is 0 Å². The number of thiazole rings is 1. The standard InChI is InChI=1S/C9H8N2O3S/c1-2-14-8(13)7-6(4-3-5-12)15-9(10)11-7/h5H,2H2,1H3,(H2,10,11). The van der Waals surface area contributed by atoms with E-state index in [1.165, 1.54) is 0 Å². The van der Waals surface area contributed by atoms with Crippen LogP contribution in [0.4, 0.5) is 5.13 Å². The Morgan fingerprint density at radius 2 is 2.47 bits per heavy atom. The molecule has 1 aromatic heterocycles. The Hall–Kier alpha value is -1.87. The monoisotopic (exact) mass is 224 g/mol. The van der Waals surface area contributed by atoms with Gasteiger partial charge in [0, 0.05) is 0 Å². The lowest BCUT2D eigenvalue weighted by molar-refractivity contribution is -0.103. The number of carbonyl (C=O) groups excluding carboxylic acids is 2. The molecule has 0 bridgehead atoms. The Morgan fingerprint density at radius 1 is 1.73 bits per heavy atom. The second-order valence-electron chi connectivity index (χ2n) is 2.34. The van der Waals surface area contributed by atoms with Gasteiger partial charge in [-0.25, -0.2) is 9.78 Å². The van der Waals surface area contributed by atoms with E-state index >= 15 is 0 Å². The molecule has 1 rings (SSSR count). The van der Waals surface area contributed by atoms with Crippen LogP contribution in [0, 0.1) is 11.8 Å². The van der Waals surface area contributed by atoms with Gasteiger partial charge in [-0.3, -0.25) is 4.79 Å². The molecule has 0 saturated carbocycles. The van der Waals surface area contributed by atoms with Crippen LogP contribution in [-0.4, -0.2) is 23.8 Å². The van der Waals surface area contributed by atoms with Gasteiger partial charge >= 0.3 is 5.97 Å². The molecule has 0 amide bonds. The number of esters is 1. The summed E-state index contributed by atoms with van der Waals surface area (Å²) in [4.78, 5) is 25.5. The second kappa shape index (κ2) is 5.12. The van der Waals surface area contributed by atoms with Crippen molar-refractivity contribution in [1.82, 2.24) is 4.98 Å². The predicted molar refractivity (Wildman–Crippen MR) is 55.4 cm³/mol. The van der Waals surface area contributed by atoms with Crippen molar-refractivity contribution in [2.75, 3.05) is 12.3 Å². The Kier molecular flexibility index (Phi) is 3.83. The average Bonchev–Trinajstić information content (AvgIpc) is 2.57. The normalized spacial score (nSPS) is 8.87. The van der Waals surface area contributed by atoms with Gasteiger partial charge in [0.2, 0.25) is 0 Å². The Balaban J connectivity index is 3.05. The molecule has 0 atom stereocenters. The largest absolute Gasteiger partial charge is 0.461 e. The van der Waals surface area contributed by atoms with Crippen molar-refractivity contribution in [3.05, 3.63) is 10.6 Å². The molecule has 0 aliphatic carbocycles. The zero-order valence-corrected chi connectivity index (χ0v) is 8.76. The van der Waals surface area contributed by atoms with Gasteiger partial charge in [-0.15, -0.1) is 0 Å². The molecule has 0 saturated heterocycles. The number of aldehydes is 1. The van der Waals surface area contributed by atoms with Gasteiger partial charge in [-0.1, -0.05) is 11.3 Å². The molecule has 78 valence electrons. The zero-order chi connectivity index (χ0) is 11.3. The van der Waals surface area contributed by atoms with Crippen LogP contribution in [0.1, 0.15) is 22.3 Å². The molecule has 0 unspecified atom stereocenters. The summed E-state index contributed by atoms with van der Waals surface area (Å²) >= 11 is 1.04. The SMILES string of the molecule is CCOC(=O)c1nc(N)sc1C#CC=O. The highest BCUT2D eigenvalue weighted by Crippen LogP contribution is 2.19. The smallest absolute Gasteiger partial charge is 0.359 e. The molecule has 0 aromatic carbocycles. The minimum atomic E-state index is -0.583. The van der Waals surface area contributed by atoms with E-state index in [2.05, 4.69) is 16.8 Å². The van der Waals surface area contributed by atoms with Crippen molar-refractivity contribution in [3.8, 4) is 11.8 Å². The number of carbonyl (C=O) groups is 2. The first-order valence-electron chi connectivity index (χ1n) is 4.07. The minimum absolute atomic E-state index is 0.0636. The van der Waals surface area contributed by atoms with Crippen molar-refractivity contribution in [2.24, 2.45) is 0 Å². The third kappa shape index (κ3) is 2.79. The molecule has 0 aliphatic heterocycles. The molecular formula is C9H8N2O3S. The predicted octanol–water partition coefficient (Wildman–Crippen LogP) is 0.452. The minimum Gasteiger partial charge on any atom is -0.461 e. The van der Waals surface area contributed by atoms with E-state index in [-0.39, 0.29) is 17.4 Å². The molecule has 6 heteroatoms. The number of nitrogens with zero attached hydrogens (tertiary/aromatic N) is 1. The molecule has 1 heterocycles. The first-order chi connectivity index (χ1) is 7.19. The third-order valence-electron chi connectivity index (χ3n) is 1.36. The van der Waals surface area contributed by atoms with Crippen LogP contribution in [0.2, 0.25) is 0 Å². The summed E-state index contributed by atoms with van der Waals surface area (Å²) in [5.41, 5.74) is 5.49. The van der Waals surface area contributed by atoms with Gasteiger partial charge in [0.1, 0.15) is 4.88 Å². The summed E-state index contributed by atoms with van der Waals surface area (Å²) < 4.78 is 4.76. The molecule has 0 fully saturated rings. The molecule has 0 spiro atoms. The van der Waals surface area contributed by atoms with E-state index in [1.54, 1.807) is 6.92 Å². The lowest BCUT2D eigenvalue weighted by Gasteiger charge is -1.97.